The molecule has 0 heterocycles. The first kappa shape index (κ1) is 12.6. The van der Waals surface area contributed by atoms with Crippen LogP contribution in [-0.4, -0.2) is 50.9 Å². The Kier molecular flexibility index (Phi) is 6.45. The van der Waals surface area contributed by atoms with Crippen LogP contribution in [0, 0.1) is 0 Å². The minimum absolute atomic E-state index is 0.569. The van der Waals surface area contributed by atoms with Crippen molar-refractivity contribution in [1.82, 2.24) is 9.62 Å². The molecule has 76 valence electrons. The van der Waals surface area contributed by atoms with Crippen molar-refractivity contribution in [2.45, 2.75) is 6.42 Å². The van der Waals surface area contributed by atoms with E-state index in [1.807, 2.05) is 10.8 Å². The molecule has 0 aromatic heterocycles. The average Bonchev–Trinajstić information content (AvgIpc) is 1.98. The second-order valence-corrected chi connectivity index (χ2v) is 10.0. The Labute approximate surface area is 82.3 Å². The summed E-state index contributed by atoms with van der Waals surface area (Å²) >= 11 is 0. The van der Waals surface area contributed by atoms with Gasteiger partial charge in [0.25, 0.3) is 0 Å². The third-order valence-electron chi connectivity index (χ3n) is 1.65. The zero-order valence-corrected chi connectivity index (χ0v) is 10.5. The van der Waals surface area contributed by atoms with Crippen molar-refractivity contribution in [3.63, 3.8) is 0 Å². The van der Waals surface area contributed by atoms with Gasteiger partial charge in [-0.15, -0.1) is 20.0 Å². The number of rotatable bonds is 6. The first-order chi connectivity index (χ1) is 5.48. The molecule has 1 N–H and O–H groups in total. The van der Waals surface area contributed by atoms with Crippen LogP contribution in [0.2, 0.25) is 0 Å². The minimum Gasteiger partial charge on any atom is -0.309 e. The highest BCUT2D eigenvalue weighted by Crippen LogP contribution is 2.47. The van der Waals surface area contributed by atoms with Crippen molar-refractivity contribution in [3.05, 3.63) is 0 Å². The Morgan fingerprint density at radius 2 is 1.92 bits per heavy atom. The van der Waals surface area contributed by atoms with Gasteiger partial charge in [-0.25, -0.2) is 0 Å². The highest BCUT2D eigenvalue weighted by atomic mass is 33.2. The van der Waals surface area contributed by atoms with Crippen LogP contribution < -0.4 is 4.72 Å². The second kappa shape index (κ2) is 6.13. The summed E-state index contributed by atoms with van der Waals surface area (Å²) < 4.78 is 3.58. The van der Waals surface area contributed by atoms with Gasteiger partial charge in [0, 0.05) is 6.54 Å². The standard InChI is InChI=1S/C8H22N2S2/c1-10(2)8-6-7-9-12(4,5)11-3/h9H,6-8H2,1-5H3. The predicted molar refractivity (Wildman–Crippen MR) is 64.1 cm³/mol. The van der Waals surface area contributed by atoms with Gasteiger partial charge in [-0.1, -0.05) is 0 Å². The molecule has 2 nitrogen and oxygen atoms in total. The topological polar surface area (TPSA) is 15.3 Å². The van der Waals surface area contributed by atoms with Gasteiger partial charge >= 0.3 is 0 Å². The highest BCUT2D eigenvalue weighted by molar-refractivity contribution is 8.92. The van der Waals surface area contributed by atoms with Crippen molar-refractivity contribution in [2.75, 3.05) is 46.0 Å². The van der Waals surface area contributed by atoms with E-state index in [0.717, 1.165) is 6.54 Å². The van der Waals surface area contributed by atoms with Crippen molar-refractivity contribution >= 4 is 20.0 Å². The van der Waals surface area contributed by atoms with E-state index in [1.165, 1.54) is 13.0 Å². The fraction of sp³-hybridized carbons (Fsp3) is 1.00. The Morgan fingerprint density at radius 1 is 1.33 bits per heavy atom. The molecule has 0 aromatic carbocycles. The molecule has 0 spiro atoms. The molecule has 0 bridgehead atoms. The quantitative estimate of drug-likeness (QED) is 0.531. The van der Waals surface area contributed by atoms with Crippen LogP contribution in [0.5, 0.6) is 0 Å². The lowest BCUT2D eigenvalue weighted by Crippen LogP contribution is -2.22. The average molecular weight is 210 g/mol. The van der Waals surface area contributed by atoms with E-state index in [2.05, 4.69) is 42.5 Å². The van der Waals surface area contributed by atoms with Crippen molar-refractivity contribution in [1.29, 1.82) is 0 Å². The van der Waals surface area contributed by atoms with Crippen LogP contribution in [0.4, 0.5) is 0 Å². The van der Waals surface area contributed by atoms with Crippen molar-refractivity contribution in [2.24, 2.45) is 0 Å². The summed E-state index contributed by atoms with van der Waals surface area (Å²) in [4.78, 5) is 2.23. The monoisotopic (exact) mass is 210 g/mol. The first-order valence-electron chi connectivity index (χ1n) is 4.16. The molecule has 0 fully saturated rings. The minimum atomic E-state index is -0.569. The summed E-state index contributed by atoms with van der Waals surface area (Å²) in [5.74, 6) is 0. The maximum absolute atomic E-state index is 3.58. The molecule has 0 aliphatic rings. The largest absolute Gasteiger partial charge is 0.309 e. The van der Waals surface area contributed by atoms with Crippen LogP contribution in [0.3, 0.4) is 0 Å². The predicted octanol–water partition coefficient (Wildman–Crippen LogP) is 1.78. The van der Waals surface area contributed by atoms with Gasteiger partial charge in [-0.3, -0.25) is 4.72 Å². The summed E-state index contributed by atoms with van der Waals surface area (Å²) in [5, 5.41) is 0. The third-order valence-corrected chi connectivity index (χ3v) is 6.23. The lowest BCUT2D eigenvalue weighted by Gasteiger charge is -2.30. The van der Waals surface area contributed by atoms with Gasteiger partial charge in [0.2, 0.25) is 0 Å². The summed E-state index contributed by atoms with van der Waals surface area (Å²) in [5.41, 5.74) is 0. The van der Waals surface area contributed by atoms with E-state index in [4.69, 9.17) is 0 Å². The van der Waals surface area contributed by atoms with E-state index in [1.54, 1.807) is 0 Å². The molecule has 0 unspecified atom stereocenters. The van der Waals surface area contributed by atoms with Gasteiger partial charge in [0.15, 0.2) is 0 Å². The van der Waals surface area contributed by atoms with E-state index in [0.29, 0.717) is 0 Å². The first-order valence-corrected chi connectivity index (χ1v) is 8.35. The van der Waals surface area contributed by atoms with Crippen LogP contribution in [0.15, 0.2) is 0 Å². The van der Waals surface area contributed by atoms with Crippen LogP contribution in [0.25, 0.3) is 0 Å². The van der Waals surface area contributed by atoms with Gasteiger partial charge in [0.1, 0.15) is 0 Å². The number of hydrogen-bond donors (Lipinski definition) is 1. The smallest absolute Gasteiger partial charge is 0.00630 e. The molecule has 0 aliphatic heterocycles. The van der Waals surface area contributed by atoms with Gasteiger partial charge < -0.3 is 4.90 Å². The molecule has 0 radical (unpaired) electrons. The Bertz CT molecular complexity index is 116. The zero-order chi connectivity index (χ0) is 9.61. The molecular formula is C8H22N2S2. The zero-order valence-electron chi connectivity index (χ0n) is 8.89. The lowest BCUT2D eigenvalue weighted by molar-refractivity contribution is 0.401. The van der Waals surface area contributed by atoms with Gasteiger partial charge in [0.05, 0.1) is 0 Å². The Morgan fingerprint density at radius 3 is 2.33 bits per heavy atom. The molecule has 4 heteroatoms. The summed E-state index contributed by atoms with van der Waals surface area (Å²) in [6, 6.07) is 0. The fourth-order valence-electron chi connectivity index (χ4n) is 0.772. The maximum atomic E-state index is 3.58. The normalized spacial score (nSPS) is 13.8. The van der Waals surface area contributed by atoms with Gasteiger partial charge in [-0.2, -0.15) is 0 Å². The van der Waals surface area contributed by atoms with E-state index >= 15 is 0 Å². The van der Waals surface area contributed by atoms with E-state index in [-0.39, 0.29) is 0 Å². The number of nitrogens with one attached hydrogen (secondary N) is 1. The van der Waals surface area contributed by atoms with Crippen LogP contribution in [-0.2, 0) is 0 Å². The molecule has 0 atom stereocenters. The van der Waals surface area contributed by atoms with Crippen LogP contribution >= 0.6 is 20.0 Å². The van der Waals surface area contributed by atoms with Crippen molar-refractivity contribution in [3.8, 4) is 0 Å². The maximum Gasteiger partial charge on any atom is 0.00630 e. The fourth-order valence-corrected chi connectivity index (χ4v) is 2.13. The molecule has 0 amide bonds. The molecule has 0 saturated carbocycles. The summed E-state index contributed by atoms with van der Waals surface area (Å²) in [7, 11) is 5.61. The number of nitrogens with zero attached hydrogens (tertiary/aromatic N) is 1. The lowest BCUT2D eigenvalue weighted by atomic mass is 10.4. The SMILES string of the molecule is CSS(C)(C)NCCCN(C)C. The van der Waals surface area contributed by atoms with Gasteiger partial charge in [-0.05, 0) is 45.8 Å². The van der Waals surface area contributed by atoms with Crippen molar-refractivity contribution < 1.29 is 0 Å². The summed E-state index contributed by atoms with van der Waals surface area (Å²) in [6.45, 7) is 2.32. The molecule has 0 aromatic rings. The summed E-state index contributed by atoms with van der Waals surface area (Å²) in [6.07, 6.45) is 8.01. The van der Waals surface area contributed by atoms with E-state index < -0.39 is 9.25 Å². The highest BCUT2D eigenvalue weighted by Gasteiger charge is 2.06. The molecule has 0 rings (SSSR count). The third kappa shape index (κ3) is 7.28. The van der Waals surface area contributed by atoms with E-state index in [9.17, 15) is 0 Å². The Balaban J connectivity index is 3.31. The molecule has 12 heavy (non-hydrogen) atoms. The number of hydrogen-bond acceptors (Lipinski definition) is 3. The second-order valence-electron chi connectivity index (χ2n) is 3.45. The molecular weight excluding hydrogens is 188 g/mol. The van der Waals surface area contributed by atoms with Crippen LogP contribution in [0.1, 0.15) is 6.42 Å². The Hall–Kier alpha value is 0.620. The molecule has 0 saturated heterocycles. The molecule has 0 aliphatic carbocycles.